The highest BCUT2D eigenvalue weighted by Gasteiger charge is 2.70. The maximum atomic E-state index is 14.4. The highest BCUT2D eigenvalue weighted by molar-refractivity contribution is 5.94. The van der Waals surface area contributed by atoms with Gasteiger partial charge in [0.2, 0.25) is 11.8 Å². The maximum absolute atomic E-state index is 14.4. The predicted octanol–water partition coefficient (Wildman–Crippen LogP) is 3.05. The van der Waals surface area contributed by atoms with E-state index in [0.717, 1.165) is 38.5 Å². The summed E-state index contributed by atoms with van der Waals surface area (Å²) in [5.41, 5.74) is -1.55. The van der Waals surface area contributed by atoms with Gasteiger partial charge < -0.3 is 35.4 Å². The second-order valence-corrected chi connectivity index (χ2v) is 15.3. The molecule has 0 aromatic heterocycles. The van der Waals surface area contributed by atoms with E-state index in [1.54, 1.807) is 25.7 Å². The van der Waals surface area contributed by atoms with Gasteiger partial charge >= 0.3 is 12.1 Å². The highest BCUT2D eigenvalue weighted by atomic mass is 16.6. The van der Waals surface area contributed by atoms with E-state index in [4.69, 9.17) is 4.74 Å². The monoisotopic (exact) mass is 636 g/mol. The van der Waals surface area contributed by atoms with Crippen molar-refractivity contribution >= 4 is 29.8 Å². The molecule has 45 heavy (non-hydrogen) atoms. The lowest BCUT2D eigenvalue weighted by Crippen LogP contribution is -2.61. The average molecular weight is 637 g/mol. The number of nitrogens with one attached hydrogen (secondary N) is 3. The number of alkyl carbamates (subject to hydrolysis) is 1. The van der Waals surface area contributed by atoms with Crippen LogP contribution in [0.4, 0.5) is 4.79 Å². The second kappa shape index (κ2) is 14.7. The predicted molar refractivity (Wildman–Crippen MR) is 168 cm³/mol. The topological polar surface area (TPSA) is 163 Å². The fourth-order valence-electron chi connectivity index (χ4n) is 7.06. The molecule has 3 aliphatic rings. The molecule has 3 fully saturated rings. The number of esters is 1. The zero-order valence-corrected chi connectivity index (χ0v) is 28.5. The van der Waals surface area contributed by atoms with Crippen molar-refractivity contribution in [2.75, 3.05) is 20.2 Å². The maximum Gasteiger partial charge on any atom is 0.408 e. The van der Waals surface area contributed by atoms with E-state index in [0.29, 0.717) is 25.8 Å². The van der Waals surface area contributed by atoms with Crippen LogP contribution in [0, 0.1) is 22.7 Å². The summed E-state index contributed by atoms with van der Waals surface area (Å²) in [5.74, 6) is -2.24. The summed E-state index contributed by atoms with van der Waals surface area (Å²) in [5, 5.41) is 19.2. The van der Waals surface area contributed by atoms with E-state index in [9.17, 15) is 29.1 Å². The number of fused-ring (bicyclic) bond motifs is 3. The number of carbonyl (C=O) groups is 5. The molecule has 1 saturated carbocycles. The molecule has 3 rings (SSSR count). The molecule has 256 valence electrons. The molecule has 1 aliphatic carbocycles. The minimum Gasteiger partial charge on any atom is -0.468 e. The molecular formula is C33H56N4O8. The first-order valence-corrected chi connectivity index (χ1v) is 16.5. The number of piperidine rings is 1. The molecule has 3 unspecified atom stereocenters. The number of methoxy groups -OCH3 is 1. The van der Waals surface area contributed by atoms with Gasteiger partial charge in [-0.2, -0.15) is 0 Å². The van der Waals surface area contributed by atoms with Crippen LogP contribution >= 0.6 is 0 Å². The van der Waals surface area contributed by atoms with Crippen LogP contribution in [0.5, 0.6) is 0 Å². The first kappa shape index (κ1) is 36.6. The Labute approximate surface area is 268 Å². The molecule has 4 N–H and O–H groups in total. The van der Waals surface area contributed by atoms with Gasteiger partial charge in [-0.3, -0.25) is 19.2 Å². The number of hydrogen-bond donors (Lipinski definition) is 4. The quantitative estimate of drug-likeness (QED) is 0.335. The molecule has 0 radical (unpaired) electrons. The molecule has 0 bridgehead atoms. The molecule has 0 aromatic carbocycles. The van der Waals surface area contributed by atoms with Gasteiger partial charge in [-0.1, -0.05) is 72.6 Å². The highest BCUT2D eigenvalue weighted by Crippen LogP contribution is 2.65. The molecule has 6 atom stereocenters. The van der Waals surface area contributed by atoms with Crippen LogP contribution in [-0.2, 0) is 28.7 Å². The first-order valence-electron chi connectivity index (χ1n) is 16.5. The number of carbonyl (C=O) groups excluding carboxylic acids is 5. The lowest BCUT2D eigenvalue weighted by molar-refractivity contribution is -0.145. The van der Waals surface area contributed by atoms with E-state index in [1.165, 1.54) is 7.11 Å². The Hall–Kier alpha value is -2.89. The molecular weight excluding hydrogens is 580 g/mol. The summed E-state index contributed by atoms with van der Waals surface area (Å²) in [6, 6.07) is -2.68. The van der Waals surface area contributed by atoms with Crippen molar-refractivity contribution < 1.29 is 38.6 Å². The lowest BCUT2D eigenvalue weighted by atomic mass is 9.78. The molecule has 0 spiro atoms. The molecule has 2 heterocycles. The summed E-state index contributed by atoms with van der Waals surface area (Å²) in [4.78, 5) is 67.5. The molecule has 2 aliphatic heterocycles. The van der Waals surface area contributed by atoms with Crippen molar-refractivity contribution in [3.05, 3.63) is 0 Å². The lowest BCUT2D eigenvalue weighted by Gasteiger charge is -2.40. The minimum absolute atomic E-state index is 0.0970. The number of rotatable bonds is 5. The van der Waals surface area contributed by atoms with Gasteiger partial charge in [-0.05, 0) is 56.3 Å². The Balaban J connectivity index is 1.93. The Bertz CT molecular complexity index is 1100. The van der Waals surface area contributed by atoms with Crippen molar-refractivity contribution in [3.8, 4) is 0 Å². The fraction of sp³-hybridized carbons (Fsp3) is 0.848. The van der Waals surface area contributed by atoms with Gasteiger partial charge in [-0.15, -0.1) is 0 Å². The van der Waals surface area contributed by atoms with Crippen LogP contribution in [0.3, 0.4) is 0 Å². The van der Waals surface area contributed by atoms with Gasteiger partial charge in [0.05, 0.1) is 13.2 Å². The van der Waals surface area contributed by atoms with Crippen LogP contribution in [0.15, 0.2) is 0 Å². The van der Waals surface area contributed by atoms with E-state index >= 15 is 0 Å². The number of aliphatic hydroxyl groups is 1. The van der Waals surface area contributed by atoms with Crippen molar-refractivity contribution in [1.29, 1.82) is 0 Å². The largest absolute Gasteiger partial charge is 0.468 e. The van der Waals surface area contributed by atoms with Crippen LogP contribution < -0.4 is 16.0 Å². The van der Waals surface area contributed by atoms with Crippen molar-refractivity contribution in [2.24, 2.45) is 22.7 Å². The fourth-order valence-corrected chi connectivity index (χ4v) is 7.06. The first-order chi connectivity index (χ1) is 20.9. The summed E-state index contributed by atoms with van der Waals surface area (Å²) in [6.45, 7) is 13.3. The molecule has 12 heteroatoms. The SMILES string of the molecule is COC(=O)CNC(=O)C(O)[C@@H]1CCCCCCCCCC(C)(C)[C@H](NC(=O)OC(C)(C)C)C(=O)N2CC3C([C@H]2C(=O)N1)C3(C)C. The zero-order valence-electron chi connectivity index (χ0n) is 28.5. The Morgan fingerprint density at radius 3 is 2.22 bits per heavy atom. The number of hydrogen-bond acceptors (Lipinski definition) is 8. The summed E-state index contributed by atoms with van der Waals surface area (Å²) >= 11 is 0. The molecule has 4 amide bonds. The normalized spacial score (nSPS) is 29.6. The van der Waals surface area contributed by atoms with Crippen LogP contribution in [0.2, 0.25) is 0 Å². The van der Waals surface area contributed by atoms with Crippen molar-refractivity contribution in [2.45, 2.75) is 136 Å². The second-order valence-electron chi connectivity index (χ2n) is 15.3. The standard InChI is InChI=1S/C33H56N4O8/c1-31(2,3)45-30(43)36-26-29(42)37-19-20-23(33(20,6)7)24(37)27(40)35-21(25(39)28(41)34-18-22(38)44-8)16-14-12-10-9-11-13-15-17-32(26,4)5/h20-21,23-26,39H,9-19H2,1-8H3,(H,34,41)(H,35,40)(H,36,43)/t20?,21-,23?,24-,25?,26+/m0/s1. The number of ether oxygens (including phenoxy) is 2. The number of amides is 4. The van der Waals surface area contributed by atoms with Crippen LogP contribution in [-0.4, -0.2) is 89.8 Å². The van der Waals surface area contributed by atoms with Gasteiger partial charge in [0.15, 0.2) is 6.10 Å². The van der Waals surface area contributed by atoms with E-state index in [-0.39, 0.29) is 23.2 Å². The van der Waals surface area contributed by atoms with Gasteiger partial charge in [0.1, 0.15) is 24.2 Å². The van der Waals surface area contributed by atoms with Gasteiger partial charge in [-0.25, -0.2) is 4.79 Å². The van der Waals surface area contributed by atoms with E-state index in [2.05, 4.69) is 34.5 Å². The summed E-state index contributed by atoms with van der Waals surface area (Å²) < 4.78 is 10.1. The Kier molecular flexibility index (Phi) is 11.9. The van der Waals surface area contributed by atoms with E-state index < -0.39 is 65.7 Å². The van der Waals surface area contributed by atoms with E-state index in [1.807, 2.05) is 13.8 Å². The Morgan fingerprint density at radius 1 is 1.02 bits per heavy atom. The minimum atomic E-state index is -1.60. The Morgan fingerprint density at radius 2 is 1.62 bits per heavy atom. The smallest absolute Gasteiger partial charge is 0.408 e. The van der Waals surface area contributed by atoms with Gasteiger partial charge in [0, 0.05) is 6.54 Å². The van der Waals surface area contributed by atoms with Crippen molar-refractivity contribution in [3.63, 3.8) is 0 Å². The summed E-state index contributed by atoms with van der Waals surface area (Å²) in [6.07, 6.45) is 5.24. The molecule has 0 aromatic rings. The summed E-state index contributed by atoms with van der Waals surface area (Å²) in [7, 11) is 1.20. The average Bonchev–Trinajstić information content (AvgIpc) is 3.26. The molecule has 2 saturated heterocycles. The van der Waals surface area contributed by atoms with Crippen LogP contribution in [0.25, 0.3) is 0 Å². The van der Waals surface area contributed by atoms with Crippen molar-refractivity contribution in [1.82, 2.24) is 20.9 Å². The third-order valence-electron chi connectivity index (χ3n) is 9.90. The van der Waals surface area contributed by atoms with Crippen LogP contribution in [0.1, 0.15) is 106 Å². The third kappa shape index (κ3) is 9.33. The zero-order chi connectivity index (χ0) is 33.7. The van der Waals surface area contributed by atoms with Gasteiger partial charge in [0.25, 0.3) is 5.91 Å². The third-order valence-corrected chi connectivity index (χ3v) is 9.90. The molecule has 12 nitrogen and oxygen atoms in total. The number of aliphatic hydroxyl groups excluding tert-OH is 1. The number of nitrogens with zero attached hydrogens (tertiary/aromatic N) is 1.